The predicted molar refractivity (Wildman–Crippen MR) is 191 cm³/mol. The molecule has 0 unspecified atom stereocenters. The van der Waals surface area contributed by atoms with Gasteiger partial charge in [-0.1, -0.05) is 103 Å². The highest BCUT2D eigenvalue weighted by Gasteiger charge is 2.41. The number of rotatable bonds is 8. The number of nitrogens with one attached hydrogen (secondary N) is 1. The second-order valence-electron chi connectivity index (χ2n) is 12.3. The highest BCUT2D eigenvalue weighted by Crippen LogP contribution is 2.45. The second kappa shape index (κ2) is 12.4. The van der Waals surface area contributed by atoms with E-state index in [-0.39, 0.29) is 17.8 Å². The lowest BCUT2D eigenvalue weighted by atomic mass is 9.77. The first-order chi connectivity index (χ1) is 24.0. The molecule has 1 aliphatic rings. The molecule has 1 atom stereocenters. The number of aromatic nitrogens is 3. The minimum Gasteiger partial charge on any atom is -0.344 e. The van der Waals surface area contributed by atoms with Crippen molar-refractivity contribution >= 4 is 28.2 Å². The maximum absolute atomic E-state index is 13.5. The Morgan fingerprint density at radius 2 is 1.35 bits per heavy atom. The largest absolute Gasteiger partial charge is 0.344 e. The van der Waals surface area contributed by atoms with Crippen LogP contribution in [0.5, 0.6) is 0 Å². The average molecular weight is 642 g/mol. The van der Waals surface area contributed by atoms with Crippen LogP contribution in [0.4, 0.5) is 10.1 Å². The fourth-order valence-electron chi connectivity index (χ4n) is 6.93. The standard InChI is InChI=1S/C42H32FN5O/c1-28(29-17-19-35(43)20-18-29)45-41(49)38-25-31-26-39-36(27-37(31)46-38)40(30-21-23-44-24-22-30)47-48(39)42(32-11-5-2-6-12-32,33-13-7-3-8-14-33)34-15-9-4-10-16-34/h2-24,26-28H,25H2,1H3,(H,45,49)/t28-/m1/s1. The van der Waals surface area contributed by atoms with Crippen LogP contribution in [0.2, 0.25) is 0 Å². The molecule has 0 saturated heterocycles. The molecular weight excluding hydrogens is 609 g/mol. The Morgan fingerprint density at radius 3 is 1.92 bits per heavy atom. The van der Waals surface area contributed by atoms with Crippen LogP contribution in [0.25, 0.3) is 22.2 Å². The molecule has 5 aromatic carbocycles. The first-order valence-corrected chi connectivity index (χ1v) is 16.3. The first kappa shape index (κ1) is 30.1. The summed E-state index contributed by atoms with van der Waals surface area (Å²) in [6.45, 7) is 1.88. The third-order valence-corrected chi connectivity index (χ3v) is 9.32. The number of hydrogen-bond acceptors (Lipinski definition) is 4. The van der Waals surface area contributed by atoms with Crippen molar-refractivity contribution in [2.24, 2.45) is 4.99 Å². The van der Waals surface area contributed by atoms with Crippen LogP contribution in [0.3, 0.4) is 0 Å². The van der Waals surface area contributed by atoms with E-state index in [1.165, 1.54) is 12.1 Å². The highest BCUT2D eigenvalue weighted by molar-refractivity contribution is 6.41. The fraction of sp³-hybridized carbons (Fsp3) is 0.0952. The molecule has 0 aliphatic carbocycles. The van der Waals surface area contributed by atoms with Gasteiger partial charge in [0, 0.05) is 29.8 Å². The normalized spacial score (nSPS) is 13.1. The molecule has 1 N–H and O–H groups in total. The zero-order valence-corrected chi connectivity index (χ0v) is 26.8. The van der Waals surface area contributed by atoms with Gasteiger partial charge in [-0.2, -0.15) is 5.10 Å². The Labute approximate surface area is 283 Å². The molecule has 7 heteroatoms. The Bertz CT molecular complexity index is 2210. The molecule has 49 heavy (non-hydrogen) atoms. The van der Waals surface area contributed by atoms with Crippen molar-refractivity contribution in [3.8, 4) is 11.3 Å². The van der Waals surface area contributed by atoms with E-state index in [1.54, 1.807) is 24.5 Å². The van der Waals surface area contributed by atoms with Gasteiger partial charge in [0.1, 0.15) is 22.8 Å². The lowest BCUT2D eigenvalue weighted by Gasteiger charge is -2.37. The third-order valence-electron chi connectivity index (χ3n) is 9.32. The van der Waals surface area contributed by atoms with Crippen molar-refractivity contribution in [1.29, 1.82) is 0 Å². The van der Waals surface area contributed by atoms with E-state index in [4.69, 9.17) is 10.1 Å². The van der Waals surface area contributed by atoms with Gasteiger partial charge in [-0.25, -0.2) is 14.1 Å². The summed E-state index contributed by atoms with van der Waals surface area (Å²) in [5.74, 6) is -0.564. The van der Waals surface area contributed by atoms with Crippen LogP contribution in [-0.4, -0.2) is 26.4 Å². The number of hydrogen-bond donors (Lipinski definition) is 1. The molecule has 7 aromatic rings. The predicted octanol–water partition coefficient (Wildman–Crippen LogP) is 8.58. The van der Waals surface area contributed by atoms with Crippen molar-refractivity contribution in [2.45, 2.75) is 24.9 Å². The summed E-state index contributed by atoms with van der Waals surface area (Å²) in [6, 6.07) is 45.4. The van der Waals surface area contributed by atoms with Crippen LogP contribution < -0.4 is 5.32 Å². The van der Waals surface area contributed by atoms with E-state index in [9.17, 15) is 9.18 Å². The zero-order valence-electron chi connectivity index (χ0n) is 26.8. The number of carbonyl (C=O) groups is 1. The van der Waals surface area contributed by atoms with Gasteiger partial charge in [-0.05, 0) is 71.1 Å². The van der Waals surface area contributed by atoms with Crippen LogP contribution in [0.1, 0.15) is 40.8 Å². The number of carbonyl (C=O) groups excluding carboxylic acids is 1. The molecule has 0 saturated carbocycles. The van der Waals surface area contributed by atoms with Gasteiger partial charge in [0.25, 0.3) is 5.91 Å². The SMILES string of the molecule is C[C@@H](NC(=O)C1=Nc2cc3c(-c4ccncc4)nn(C(c4ccccc4)(c4ccccc4)c4ccccc4)c3cc2C1)c1ccc(F)cc1. The Morgan fingerprint density at radius 1 is 0.776 bits per heavy atom. The quantitative estimate of drug-likeness (QED) is 0.169. The zero-order chi connectivity index (χ0) is 33.4. The summed E-state index contributed by atoms with van der Waals surface area (Å²) < 4.78 is 15.7. The summed E-state index contributed by atoms with van der Waals surface area (Å²) in [4.78, 5) is 22.6. The number of pyridine rings is 1. The monoisotopic (exact) mass is 641 g/mol. The summed E-state index contributed by atoms with van der Waals surface area (Å²) in [7, 11) is 0. The molecule has 0 radical (unpaired) electrons. The van der Waals surface area contributed by atoms with Crippen LogP contribution in [0, 0.1) is 5.82 Å². The number of amides is 1. The number of benzene rings is 5. The van der Waals surface area contributed by atoms with Crippen LogP contribution >= 0.6 is 0 Å². The molecule has 3 heterocycles. The Balaban J connectivity index is 1.32. The topological polar surface area (TPSA) is 72.2 Å². The second-order valence-corrected chi connectivity index (χ2v) is 12.3. The average Bonchev–Trinajstić information content (AvgIpc) is 3.75. The van der Waals surface area contributed by atoms with Crippen LogP contribution in [0.15, 0.2) is 157 Å². The van der Waals surface area contributed by atoms with Crippen molar-refractivity contribution in [2.75, 3.05) is 0 Å². The summed E-state index contributed by atoms with van der Waals surface area (Å²) in [5.41, 5.74) is 7.91. The van der Waals surface area contributed by atoms with Gasteiger partial charge in [0.15, 0.2) is 0 Å². The van der Waals surface area contributed by atoms with Crippen molar-refractivity contribution < 1.29 is 9.18 Å². The molecule has 2 aromatic heterocycles. The van der Waals surface area contributed by atoms with Crippen molar-refractivity contribution in [3.63, 3.8) is 0 Å². The molecule has 6 nitrogen and oxygen atoms in total. The van der Waals surface area contributed by atoms with E-state index < -0.39 is 5.54 Å². The van der Waals surface area contributed by atoms with Gasteiger partial charge in [0.2, 0.25) is 0 Å². The smallest absolute Gasteiger partial charge is 0.266 e. The molecule has 0 spiro atoms. The van der Waals surface area contributed by atoms with E-state index in [1.807, 2.05) is 37.3 Å². The highest BCUT2D eigenvalue weighted by atomic mass is 19.1. The van der Waals surface area contributed by atoms with Gasteiger partial charge in [0.05, 0.1) is 17.2 Å². The maximum atomic E-state index is 13.5. The number of aliphatic imine (C=N–C) groups is 1. The van der Waals surface area contributed by atoms with Crippen molar-refractivity contribution in [3.05, 3.63) is 186 Å². The Kier molecular flexibility index (Phi) is 7.65. The molecule has 8 rings (SSSR count). The van der Waals surface area contributed by atoms with E-state index >= 15 is 0 Å². The number of halogens is 1. The van der Waals surface area contributed by atoms with Gasteiger partial charge in [-0.15, -0.1) is 0 Å². The molecule has 1 aliphatic heterocycles. The molecule has 1 amide bonds. The fourth-order valence-corrected chi connectivity index (χ4v) is 6.93. The lowest BCUT2D eigenvalue weighted by Crippen LogP contribution is -2.38. The molecule has 0 bridgehead atoms. The summed E-state index contributed by atoms with van der Waals surface area (Å²) in [5, 5.41) is 9.44. The molecular formula is C42H32FN5O. The minimum atomic E-state index is -0.841. The maximum Gasteiger partial charge on any atom is 0.266 e. The van der Waals surface area contributed by atoms with E-state index in [0.717, 1.165) is 55.7 Å². The van der Waals surface area contributed by atoms with E-state index in [0.29, 0.717) is 12.1 Å². The molecule has 238 valence electrons. The van der Waals surface area contributed by atoms with Gasteiger partial charge >= 0.3 is 0 Å². The van der Waals surface area contributed by atoms with Gasteiger partial charge < -0.3 is 5.32 Å². The lowest BCUT2D eigenvalue weighted by molar-refractivity contribution is -0.115. The Hall–Kier alpha value is -6.21. The van der Waals surface area contributed by atoms with Crippen molar-refractivity contribution in [1.82, 2.24) is 20.1 Å². The van der Waals surface area contributed by atoms with Gasteiger partial charge in [-0.3, -0.25) is 9.78 Å². The summed E-state index contributed by atoms with van der Waals surface area (Å²) in [6.07, 6.45) is 3.92. The minimum absolute atomic E-state index is 0.250. The number of nitrogens with zero attached hydrogens (tertiary/aromatic N) is 4. The summed E-state index contributed by atoms with van der Waals surface area (Å²) >= 11 is 0. The molecule has 0 fully saturated rings. The third kappa shape index (κ3) is 5.29. The first-order valence-electron chi connectivity index (χ1n) is 16.3. The number of fused-ring (bicyclic) bond motifs is 2. The van der Waals surface area contributed by atoms with Crippen LogP contribution in [-0.2, 0) is 16.8 Å². The van der Waals surface area contributed by atoms with E-state index in [2.05, 4.69) is 99.9 Å².